The minimum Gasteiger partial charge on any atom is -0.361 e. The van der Waals surface area contributed by atoms with Crippen molar-refractivity contribution in [1.82, 2.24) is 4.98 Å². The summed E-state index contributed by atoms with van der Waals surface area (Å²) in [7, 11) is 0. The van der Waals surface area contributed by atoms with Gasteiger partial charge < -0.3 is 5.32 Å². The minimum atomic E-state index is -0.186. The van der Waals surface area contributed by atoms with E-state index in [-0.39, 0.29) is 5.82 Å². The summed E-state index contributed by atoms with van der Waals surface area (Å²) in [6.45, 7) is 1.04. The molecule has 1 aromatic carbocycles. The molecule has 94 valence electrons. The molecule has 0 unspecified atom stereocenters. The first kappa shape index (κ1) is 10.7. The molecular formula is C14H15FN2S. The molecule has 2 nitrogen and oxygen atoms in total. The maximum Gasteiger partial charge on any atom is 0.183 e. The lowest BCUT2D eigenvalue weighted by Crippen LogP contribution is -2.17. The molecule has 2 aromatic rings. The van der Waals surface area contributed by atoms with E-state index in [0.717, 1.165) is 27.8 Å². The van der Waals surface area contributed by atoms with Crippen LogP contribution in [0.25, 0.3) is 10.2 Å². The lowest BCUT2D eigenvalue weighted by molar-refractivity contribution is 0.467. The number of aromatic nitrogens is 1. The zero-order chi connectivity index (χ0) is 12.2. The average Bonchev–Trinajstić information content (AvgIpc) is 3.22. The third-order valence-corrected chi connectivity index (χ3v) is 5.25. The normalized spacial score (nSPS) is 21.2. The van der Waals surface area contributed by atoms with E-state index in [1.54, 1.807) is 23.5 Å². The second-order valence-electron chi connectivity index (χ2n) is 5.62. The van der Waals surface area contributed by atoms with Gasteiger partial charge in [0, 0.05) is 6.54 Å². The highest BCUT2D eigenvalue weighted by Crippen LogP contribution is 2.61. The lowest BCUT2D eigenvalue weighted by Gasteiger charge is -2.13. The number of halogens is 1. The molecule has 0 radical (unpaired) electrons. The van der Waals surface area contributed by atoms with Crippen molar-refractivity contribution in [3.63, 3.8) is 0 Å². The zero-order valence-corrected chi connectivity index (χ0v) is 10.9. The second kappa shape index (κ2) is 3.67. The van der Waals surface area contributed by atoms with Gasteiger partial charge in [-0.05, 0) is 55.2 Å². The molecule has 0 amide bonds. The Kier molecular flexibility index (Phi) is 2.19. The number of hydrogen-bond acceptors (Lipinski definition) is 3. The molecule has 0 bridgehead atoms. The Labute approximate surface area is 109 Å². The van der Waals surface area contributed by atoms with Crippen LogP contribution in [0.4, 0.5) is 9.52 Å². The monoisotopic (exact) mass is 262 g/mol. The Hall–Kier alpha value is -1.16. The number of benzene rings is 1. The van der Waals surface area contributed by atoms with E-state index in [1.807, 2.05) is 0 Å². The van der Waals surface area contributed by atoms with Crippen LogP contribution in [-0.2, 0) is 0 Å². The van der Waals surface area contributed by atoms with Gasteiger partial charge in [0.15, 0.2) is 5.13 Å². The molecule has 2 fully saturated rings. The number of thiazole rings is 1. The molecule has 2 saturated carbocycles. The van der Waals surface area contributed by atoms with Gasteiger partial charge in [0.25, 0.3) is 0 Å². The van der Waals surface area contributed by atoms with E-state index < -0.39 is 0 Å². The van der Waals surface area contributed by atoms with Crippen LogP contribution >= 0.6 is 11.3 Å². The Morgan fingerprint density at radius 1 is 1.39 bits per heavy atom. The standard InChI is InChI=1S/C14H15FN2S/c15-10-3-4-11-12(7-10)18-13(17-11)16-8-14(5-6-14)9-1-2-9/h3-4,7,9H,1-2,5-6,8H2,(H,16,17). The van der Waals surface area contributed by atoms with Crippen molar-refractivity contribution in [2.45, 2.75) is 25.7 Å². The van der Waals surface area contributed by atoms with E-state index >= 15 is 0 Å². The number of rotatable bonds is 4. The third-order valence-electron chi connectivity index (χ3n) is 4.28. The van der Waals surface area contributed by atoms with Crippen molar-refractivity contribution < 1.29 is 4.39 Å². The topological polar surface area (TPSA) is 24.9 Å². The third kappa shape index (κ3) is 1.79. The quantitative estimate of drug-likeness (QED) is 0.899. The first-order chi connectivity index (χ1) is 8.75. The molecule has 4 rings (SSSR count). The second-order valence-corrected chi connectivity index (χ2v) is 6.65. The van der Waals surface area contributed by atoms with E-state index in [0.29, 0.717) is 5.41 Å². The summed E-state index contributed by atoms with van der Waals surface area (Å²) in [5, 5.41) is 4.40. The van der Waals surface area contributed by atoms with Crippen LogP contribution in [0.3, 0.4) is 0 Å². The summed E-state index contributed by atoms with van der Waals surface area (Å²) in [5.74, 6) is 0.770. The van der Waals surface area contributed by atoms with Crippen molar-refractivity contribution in [3.8, 4) is 0 Å². The summed E-state index contributed by atoms with van der Waals surface area (Å²) in [6.07, 6.45) is 5.55. The number of fused-ring (bicyclic) bond motifs is 1. The minimum absolute atomic E-state index is 0.186. The zero-order valence-electron chi connectivity index (χ0n) is 10.1. The molecular weight excluding hydrogens is 247 g/mol. The van der Waals surface area contributed by atoms with Gasteiger partial charge in [-0.1, -0.05) is 11.3 Å². The van der Waals surface area contributed by atoms with E-state index in [4.69, 9.17) is 0 Å². The first-order valence-corrected chi connectivity index (χ1v) is 7.37. The molecule has 0 spiro atoms. The number of anilines is 1. The highest BCUT2D eigenvalue weighted by atomic mass is 32.1. The fraction of sp³-hybridized carbons (Fsp3) is 0.500. The van der Waals surface area contributed by atoms with Crippen LogP contribution in [0.5, 0.6) is 0 Å². The predicted molar refractivity (Wildman–Crippen MR) is 72.5 cm³/mol. The molecule has 0 aliphatic heterocycles. The molecule has 4 heteroatoms. The van der Waals surface area contributed by atoms with Crippen molar-refractivity contribution in [2.24, 2.45) is 11.3 Å². The number of nitrogens with zero attached hydrogens (tertiary/aromatic N) is 1. The Morgan fingerprint density at radius 2 is 2.22 bits per heavy atom. The van der Waals surface area contributed by atoms with Crippen molar-refractivity contribution in [2.75, 3.05) is 11.9 Å². The predicted octanol–water partition coefficient (Wildman–Crippen LogP) is 4.04. The van der Waals surface area contributed by atoms with Gasteiger partial charge in [-0.25, -0.2) is 9.37 Å². The van der Waals surface area contributed by atoms with Gasteiger partial charge in [0.05, 0.1) is 10.2 Å². The Morgan fingerprint density at radius 3 is 2.94 bits per heavy atom. The summed E-state index contributed by atoms with van der Waals surface area (Å²) in [5.41, 5.74) is 1.46. The van der Waals surface area contributed by atoms with Gasteiger partial charge in [0.1, 0.15) is 5.82 Å². The summed E-state index contributed by atoms with van der Waals surface area (Å²) >= 11 is 1.55. The molecule has 0 atom stereocenters. The number of nitrogens with one attached hydrogen (secondary N) is 1. The Bertz CT molecular complexity index is 599. The van der Waals surface area contributed by atoms with E-state index in [9.17, 15) is 4.39 Å². The van der Waals surface area contributed by atoms with Crippen LogP contribution < -0.4 is 5.32 Å². The molecule has 1 N–H and O–H groups in total. The van der Waals surface area contributed by atoms with Gasteiger partial charge in [-0.3, -0.25) is 0 Å². The lowest BCUT2D eigenvalue weighted by atomic mass is 10.0. The smallest absolute Gasteiger partial charge is 0.183 e. The molecule has 2 aliphatic carbocycles. The van der Waals surface area contributed by atoms with Crippen LogP contribution in [0.1, 0.15) is 25.7 Å². The average molecular weight is 262 g/mol. The largest absolute Gasteiger partial charge is 0.361 e. The van der Waals surface area contributed by atoms with Crippen molar-refractivity contribution in [3.05, 3.63) is 24.0 Å². The maximum atomic E-state index is 13.1. The SMILES string of the molecule is Fc1ccc2nc(NCC3(C4CC4)CC3)sc2c1. The Balaban J connectivity index is 1.52. The van der Waals surface area contributed by atoms with Gasteiger partial charge in [0.2, 0.25) is 0 Å². The van der Waals surface area contributed by atoms with Crippen LogP contribution in [0.2, 0.25) is 0 Å². The van der Waals surface area contributed by atoms with Crippen LogP contribution in [0, 0.1) is 17.2 Å². The maximum absolute atomic E-state index is 13.1. The molecule has 1 aromatic heterocycles. The fourth-order valence-electron chi connectivity index (χ4n) is 2.81. The van der Waals surface area contributed by atoms with Crippen LogP contribution in [-0.4, -0.2) is 11.5 Å². The number of hydrogen-bond donors (Lipinski definition) is 1. The molecule has 18 heavy (non-hydrogen) atoms. The van der Waals surface area contributed by atoms with Gasteiger partial charge in [-0.15, -0.1) is 0 Å². The van der Waals surface area contributed by atoms with E-state index in [1.165, 1.54) is 31.7 Å². The van der Waals surface area contributed by atoms with Gasteiger partial charge >= 0.3 is 0 Å². The van der Waals surface area contributed by atoms with Gasteiger partial charge in [-0.2, -0.15) is 0 Å². The molecule has 2 aliphatic rings. The summed E-state index contributed by atoms with van der Waals surface area (Å²) in [4.78, 5) is 4.51. The molecule has 1 heterocycles. The summed E-state index contributed by atoms with van der Waals surface area (Å²) in [6, 6.07) is 4.78. The highest BCUT2D eigenvalue weighted by Gasteiger charge is 2.53. The highest BCUT2D eigenvalue weighted by molar-refractivity contribution is 7.22. The van der Waals surface area contributed by atoms with Crippen molar-refractivity contribution in [1.29, 1.82) is 0 Å². The first-order valence-electron chi connectivity index (χ1n) is 6.55. The van der Waals surface area contributed by atoms with Crippen molar-refractivity contribution >= 4 is 26.7 Å². The van der Waals surface area contributed by atoms with Crippen LogP contribution in [0.15, 0.2) is 18.2 Å². The van der Waals surface area contributed by atoms with E-state index in [2.05, 4.69) is 10.3 Å². The summed E-state index contributed by atoms with van der Waals surface area (Å²) < 4.78 is 14.0. The fourth-order valence-corrected chi connectivity index (χ4v) is 3.70. The molecule has 0 saturated heterocycles.